The van der Waals surface area contributed by atoms with Crippen LogP contribution >= 0.6 is 0 Å². The van der Waals surface area contributed by atoms with Gasteiger partial charge in [0.15, 0.2) is 0 Å². The molecule has 1 amide bonds. The Labute approximate surface area is 158 Å². The maximum atomic E-state index is 12.4. The number of nitrogens with zero attached hydrogens (tertiary/aromatic N) is 3. The molecule has 1 saturated heterocycles. The number of hydrogen-bond donors (Lipinski definition) is 1. The quantitative estimate of drug-likeness (QED) is 0.830. The van der Waals surface area contributed by atoms with Crippen molar-refractivity contribution in [3.63, 3.8) is 0 Å². The molecule has 0 atom stereocenters. The lowest BCUT2D eigenvalue weighted by Crippen LogP contribution is -2.36. The number of rotatable bonds is 5. The van der Waals surface area contributed by atoms with Crippen LogP contribution in [0.3, 0.4) is 0 Å². The summed E-state index contributed by atoms with van der Waals surface area (Å²) in [5, 5.41) is 2.72. The lowest BCUT2D eigenvalue weighted by Gasteiger charge is -2.28. The Hall–Kier alpha value is -2.49. The molecule has 144 valence electrons. The average molecular weight is 390 g/mol. The third-order valence-electron chi connectivity index (χ3n) is 4.26. The van der Waals surface area contributed by atoms with Crippen LogP contribution in [0.15, 0.2) is 47.5 Å². The zero-order chi connectivity index (χ0) is 19.4. The Morgan fingerprint density at radius 2 is 1.78 bits per heavy atom. The van der Waals surface area contributed by atoms with E-state index in [9.17, 15) is 13.2 Å². The van der Waals surface area contributed by atoms with Gasteiger partial charge >= 0.3 is 0 Å². The Balaban J connectivity index is 1.66. The number of nitrogens with one attached hydrogen (secondary N) is 1. The lowest BCUT2D eigenvalue weighted by atomic mass is 10.2. The van der Waals surface area contributed by atoms with Crippen molar-refractivity contribution in [3.8, 4) is 0 Å². The molecule has 1 aliphatic rings. The van der Waals surface area contributed by atoms with E-state index in [0.29, 0.717) is 24.6 Å². The van der Waals surface area contributed by atoms with Crippen molar-refractivity contribution in [2.45, 2.75) is 4.90 Å². The van der Waals surface area contributed by atoms with Crippen LogP contribution in [0.2, 0.25) is 0 Å². The minimum absolute atomic E-state index is 0.136. The highest BCUT2D eigenvalue weighted by atomic mass is 32.2. The minimum atomic E-state index is -3.52. The number of amides is 1. The molecule has 2 aromatic rings. The molecule has 27 heavy (non-hydrogen) atoms. The van der Waals surface area contributed by atoms with Crippen molar-refractivity contribution >= 4 is 27.4 Å². The van der Waals surface area contributed by atoms with Crippen LogP contribution in [0.5, 0.6) is 0 Å². The summed E-state index contributed by atoms with van der Waals surface area (Å²) >= 11 is 0. The number of pyridine rings is 1. The third kappa shape index (κ3) is 4.44. The largest absolute Gasteiger partial charge is 0.378 e. The number of sulfonamides is 1. The summed E-state index contributed by atoms with van der Waals surface area (Å²) in [4.78, 5) is 18.9. The van der Waals surface area contributed by atoms with Crippen molar-refractivity contribution < 1.29 is 17.9 Å². The monoisotopic (exact) mass is 390 g/mol. The van der Waals surface area contributed by atoms with Gasteiger partial charge in [-0.2, -0.15) is 0 Å². The molecule has 0 radical (unpaired) electrons. The van der Waals surface area contributed by atoms with Gasteiger partial charge in [0.25, 0.3) is 5.91 Å². The van der Waals surface area contributed by atoms with E-state index in [0.717, 1.165) is 23.1 Å². The van der Waals surface area contributed by atoms with Crippen molar-refractivity contribution in [1.82, 2.24) is 9.29 Å². The van der Waals surface area contributed by atoms with Gasteiger partial charge in [0, 0.05) is 32.7 Å². The van der Waals surface area contributed by atoms with Crippen LogP contribution in [-0.2, 0) is 14.8 Å². The summed E-state index contributed by atoms with van der Waals surface area (Å²) in [6.45, 7) is 3.02. The fourth-order valence-corrected chi connectivity index (χ4v) is 3.55. The normalized spacial score (nSPS) is 15.0. The van der Waals surface area contributed by atoms with Gasteiger partial charge in [-0.05, 0) is 36.4 Å². The number of anilines is 2. The van der Waals surface area contributed by atoms with E-state index in [-0.39, 0.29) is 10.8 Å². The van der Waals surface area contributed by atoms with Crippen molar-refractivity contribution in [3.05, 3.63) is 48.2 Å². The van der Waals surface area contributed by atoms with Crippen LogP contribution in [0, 0.1) is 0 Å². The molecule has 0 unspecified atom stereocenters. The van der Waals surface area contributed by atoms with Gasteiger partial charge < -0.3 is 15.0 Å². The zero-order valence-electron chi connectivity index (χ0n) is 15.3. The molecule has 1 aromatic heterocycles. The second-order valence-corrected chi connectivity index (χ2v) is 8.42. The molecule has 0 bridgehead atoms. The first kappa shape index (κ1) is 19.3. The van der Waals surface area contributed by atoms with Gasteiger partial charge in [0.05, 0.1) is 30.0 Å². The SMILES string of the molecule is CN(C)S(=O)(=O)c1ccc(C(=O)Nc2ccc(N3CCOCC3)cn2)cc1. The number of aromatic nitrogens is 1. The number of ether oxygens (including phenoxy) is 1. The van der Waals surface area contributed by atoms with Gasteiger partial charge in [-0.25, -0.2) is 17.7 Å². The Morgan fingerprint density at radius 3 is 2.33 bits per heavy atom. The van der Waals surface area contributed by atoms with E-state index in [1.54, 1.807) is 12.3 Å². The highest BCUT2D eigenvalue weighted by Gasteiger charge is 2.18. The fraction of sp³-hybridized carbons (Fsp3) is 0.333. The Bertz CT molecular complexity index is 890. The predicted octanol–water partition coefficient (Wildman–Crippen LogP) is 1.42. The average Bonchev–Trinajstić information content (AvgIpc) is 2.69. The molecule has 0 spiro atoms. The van der Waals surface area contributed by atoms with Gasteiger partial charge in [-0.1, -0.05) is 0 Å². The molecule has 1 fully saturated rings. The number of carbonyl (C=O) groups excluding carboxylic acids is 1. The molecule has 1 N–H and O–H groups in total. The molecule has 3 rings (SSSR count). The second kappa shape index (κ2) is 8.03. The highest BCUT2D eigenvalue weighted by molar-refractivity contribution is 7.89. The zero-order valence-corrected chi connectivity index (χ0v) is 16.1. The van der Waals surface area contributed by atoms with Crippen LogP contribution in [-0.4, -0.2) is 64.0 Å². The molecule has 1 aliphatic heterocycles. The molecule has 0 saturated carbocycles. The Kier molecular flexibility index (Phi) is 5.73. The summed E-state index contributed by atoms with van der Waals surface area (Å²) < 4.78 is 30.6. The summed E-state index contributed by atoms with van der Waals surface area (Å²) in [7, 11) is -0.597. The van der Waals surface area contributed by atoms with Crippen molar-refractivity contribution in [1.29, 1.82) is 0 Å². The van der Waals surface area contributed by atoms with Gasteiger partial charge in [0.2, 0.25) is 10.0 Å². The first-order chi connectivity index (χ1) is 12.9. The molecule has 0 aliphatic carbocycles. The summed E-state index contributed by atoms with van der Waals surface area (Å²) in [6.07, 6.45) is 1.72. The van der Waals surface area contributed by atoms with Gasteiger partial charge in [-0.3, -0.25) is 4.79 Å². The van der Waals surface area contributed by atoms with Gasteiger partial charge in [0.1, 0.15) is 5.82 Å². The van der Waals surface area contributed by atoms with Crippen LogP contribution in [0.25, 0.3) is 0 Å². The third-order valence-corrected chi connectivity index (χ3v) is 6.09. The summed E-state index contributed by atoms with van der Waals surface area (Å²) in [6, 6.07) is 9.44. The Morgan fingerprint density at radius 1 is 1.11 bits per heavy atom. The van der Waals surface area contributed by atoms with Crippen LogP contribution in [0.1, 0.15) is 10.4 Å². The molecular formula is C18H22N4O4S. The standard InChI is InChI=1S/C18H22N4O4S/c1-21(2)27(24,25)16-6-3-14(4-7-16)18(23)20-17-8-5-15(13-19-17)22-9-11-26-12-10-22/h3-8,13H,9-12H2,1-2H3,(H,19,20,23). The van der Waals surface area contributed by atoms with E-state index in [4.69, 9.17) is 4.74 Å². The minimum Gasteiger partial charge on any atom is -0.378 e. The molecule has 1 aromatic carbocycles. The van der Waals surface area contributed by atoms with Crippen molar-refractivity contribution in [2.24, 2.45) is 0 Å². The molecule has 2 heterocycles. The molecular weight excluding hydrogens is 368 g/mol. The topological polar surface area (TPSA) is 91.8 Å². The number of carbonyl (C=O) groups is 1. The summed E-state index contributed by atoms with van der Waals surface area (Å²) in [5.41, 5.74) is 1.33. The number of benzene rings is 1. The molecule has 9 heteroatoms. The van der Waals surface area contributed by atoms with Gasteiger partial charge in [-0.15, -0.1) is 0 Å². The number of morpholine rings is 1. The lowest BCUT2D eigenvalue weighted by molar-refractivity contribution is 0.102. The second-order valence-electron chi connectivity index (χ2n) is 6.27. The van der Waals surface area contributed by atoms with E-state index < -0.39 is 10.0 Å². The van der Waals surface area contributed by atoms with Crippen LogP contribution < -0.4 is 10.2 Å². The molecule has 8 nitrogen and oxygen atoms in total. The fourth-order valence-electron chi connectivity index (χ4n) is 2.65. The summed E-state index contributed by atoms with van der Waals surface area (Å²) in [5.74, 6) is 0.0809. The van der Waals surface area contributed by atoms with Crippen LogP contribution in [0.4, 0.5) is 11.5 Å². The smallest absolute Gasteiger partial charge is 0.256 e. The highest BCUT2D eigenvalue weighted by Crippen LogP contribution is 2.18. The van der Waals surface area contributed by atoms with E-state index >= 15 is 0 Å². The van der Waals surface area contributed by atoms with E-state index in [1.165, 1.54) is 38.4 Å². The maximum Gasteiger partial charge on any atom is 0.256 e. The van der Waals surface area contributed by atoms with E-state index in [2.05, 4.69) is 15.2 Å². The van der Waals surface area contributed by atoms with E-state index in [1.807, 2.05) is 6.07 Å². The predicted molar refractivity (Wildman–Crippen MR) is 103 cm³/mol. The number of hydrogen-bond acceptors (Lipinski definition) is 6. The first-order valence-electron chi connectivity index (χ1n) is 8.50. The van der Waals surface area contributed by atoms with Crippen molar-refractivity contribution in [2.75, 3.05) is 50.6 Å². The maximum absolute atomic E-state index is 12.4. The first-order valence-corrected chi connectivity index (χ1v) is 9.94.